The van der Waals surface area contributed by atoms with E-state index < -0.39 is 5.67 Å². The number of rotatable bonds is 1. The summed E-state index contributed by atoms with van der Waals surface area (Å²) in [6, 6.07) is 0. The Morgan fingerprint density at radius 3 is 2.77 bits per heavy atom. The summed E-state index contributed by atoms with van der Waals surface area (Å²) in [6.45, 7) is 1.93. The summed E-state index contributed by atoms with van der Waals surface area (Å²) in [5.74, 6) is 0.222. The molecule has 0 radical (unpaired) electrons. The van der Waals surface area contributed by atoms with Crippen LogP contribution in [0.1, 0.15) is 11.5 Å². The number of aromatic nitrogens is 2. The first-order chi connectivity index (χ1) is 6.12. The number of nitrogens with zero attached hydrogens (tertiary/aromatic N) is 2. The number of alkyl halides is 1. The molecule has 70 valence electrons. The average Bonchev–Trinajstić information content (AvgIpc) is 2.06. The average molecular weight is 247 g/mol. The lowest BCUT2D eigenvalue weighted by Crippen LogP contribution is -2.44. The normalized spacial score (nSPS) is 19.6. The lowest BCUT2D eigenvalue weighted by atomic mass is 10.0. The van der Waals surface area contributed by atoms with Crippen molar-refractivity contribution in [3.8, 4) is 0 Å². The van der Waals surface area contributed by atoms with Gasteiger partial charge in [0, 0.05) is 6.20 Å². The molecule has 13 heavy (non-hydrogen) atoms. The van der Waals surface area contributed by atoms with Crippen LogP contribution in [0.15, 0.2) is 10.7 Å². The van der Waals surface area contributed by atoms with Gasteiger partial charge in [0.1, 0.15) is 0 Å². The molecule has 1 aromatic heterocycles. The molecule has 2 rings (SSSR count). The highest BCUT2D eigenvalue weighted by Gasteiger charge is 2.43. The maximum atomic E-state index is 13.7. The largest absolute Gasteiger partial charge is 0.374 e. The second-order valence-corrected chi connectivity index (χ2v) is 3.94. The molecule has 1 saturated heterocycles. The zero-order chi connectivity index (χ0) is 9.47. The molecule has 0 amide bonds. The third kappa shape index (κ3) is 1.46. The number of hydrogen-bond donors (Lipinski definition) is 0. The molecule has 2 heterocycles. The molecule has 0 N–H and O–H groups in total. The molecule has 1 aliphatic rings. The first kappa shape index (κ1) is 9.02. The van der Waals surface area contributed by atoms with Gasteiger partial charge in [0.05, 0.1) is 23.4 Å². The highest BCUT2D eigenvalue weighted by atomic mass is 79.9. The quantitative estimate of drug-likeness (QED) is 0.758. The summed E-state index contributed by atoms with van der Waals surface area (Å²) in [5.41, 5.74) is -0.722. The second-order valence-electron chi connectivity index (χ2n) is 3.09. The van der Waals surface area contributed by atoms with Gasteiger partial charge in [0.2, 0.25) is 5.67 Å². The Labute approximate surface area is 83.5 Å². The summed E-state index contributed by atoms with van der Waals surface area (Å²) < 4.78 is 19.3. The lowest BCUT2D eigenvalue weighted by Gasteiger charge is -2.32. The van der Waals surface area contributed by atoms with Gasteiger partial charge in [-0.15, -0.1) is 0 Å². The Morgan fingerprint density at radius 2 is 2.31 bits per heavy atom. The highest BCUT2D eigenvalue weighted by Crippen LogP contribution is 2.31. The maximum absolute atomic E-state index is 13.7. The fourth-order valence-electron chi connectivity index (χ4n) is 1.08. The van der Waals surface area contributed by atoms with Crippen molar-refractivity contribution in [3.05, 3.63) is 22.2 Å². The standard InChI is InChI=1S/C8H8BrFN2O/c1-5-6(9)2-11-7(12-5)8(10)3-13-4-8/h2H,3-4H2,1H3. The van der Waals surface area contributed by atoms with E-state index in [2.05, 4.69) is 25.9 Å². The number of halogens is 2. The van der Waals surface area contributed by atoms with E-state index >= 15 is 0 Å². The van der Waals surface area contributed by atoms with Crippen LogP contribution < -0.4 is 0 Å². The molecular weight excluding hydrogens is 239 g/mol. The summed E-state index contributed by atoms with van der Waals surface area (Å²) in [7, 11) is 0. The van der Waals surface area contributed by atoms with Crippen LogP contribution in [0, 0.1) is 6.92 Å². The van der Waals surface area contributed by atoms with Crippen LogP contribution in [0.5, 0.6) is 0 Å². The fraction of sp³-hybridized carbons (Fsp3) is 0.500. The molecule has 0 spiro atoms. The van der Waals surface area contributed by atoms with Gasteiger partial charge >= 0.3 is 0 Å². The minimum atomic E-state index is -1.47. The monoisotopic (exact) mass is 246 g/mol. The summed E-state index contributed by atoms with van der Waals surface area (Å²) in [5, 5.41) is 0. The van der Waals surface area contributed by atoms with Crippen molar-refractivity contribution in [1.82, 2.24) is 9.97 Å². The zero-order valence-electron chi connectivity index (χ0n) is 7.05. The van der Waals surface area contributed by atoms with Crippen molar-refractivity contribution in [1.29, 1.82) is 0 Å². The smallest absolute Gasteiger partial charge is 0.216 e. The molecular formula is C8H8BrFN2O. The molecule has 1 aliphatic heterocycles. The van der Waals surface area contributed by atoms with E-state index in [-0.39, 0.29) is 19.0 Å². The van der Waals surface area contributed by atoms with E-state index in [9.17, 15) is 4.39 Å². The molecule has 0 bridgehead atoms. The van der Waals surface area contributed by atoms with E-state index in [1.165, 1.54) is 0 Å². The van der Waals surface area contributed by atoms with Gasteiger partial charge in [-0.2, -0.15) is 0 Å². The summed E-state index contributed by atoms with van der Waals surface area (Å²) in [4.78, 5) is 7.97. The Morgan fingerprint density at radius 1 is 1.62 bits per heavy atom. The topological polar surface area (TPSA) is 35.0 Å². The van der Waals surface area contributed by atoms with E-state index in [0.29, 0.717) is 0 Å². The van der Waals surface area contributed by atoms with Crippen LogP contribution in [0.25, 0.3) is 0 Å². The molecule has 5 heteroatoms. The van der Waals surface area contributed by atoms with Crippen LogP contribution in [0.4, 0.5) is 4.39 Å². The molecule has 3 nitrogen and oxygen atoms in total. The van der Waals surface area contributed by atoms with Crippen LogP contribution in [-0.2, 0) is 10.4 Å². The van der Waals surface area contributed by atoms with Gasteiger partial charge in [0.25, 0.3) is 0 Å². The molecule has 0 saturated carbocycles. The maximum Gasteiger partial charge on any atom is 0.216 e. The van der Waals surface area contributed by atoms with Crippen molar-refractivity contribution in [2.75, 3.05) is 13.2 Å². The fourth-order valence-corrected chi connectivity index (χ4v) is 1.27. The van der Waals surface area contributed by atoms with Crippen molar-refractivity contribution in [3.63, 3.8) is 0 Å². The minimum Gasteiger partial charge on any atom is -0.374 e. The van der Waals surface area contributed by atoms with E-state index in [1.807, 2.05) is 0 Å². The molecule has 0 aromatic carbocycles. The Kier molecular flexibility index (Phi) is 2.08. The minimum absolute atomic E-state index is 0.0636. The number of hydrogen-bond acceptors (Lipinski definition) is 3. The van der Waals surface area contributed by atoms with Crippen molar-refractivity contribution < 1.29 is 9.13 Å². The molecule has 0 atom stereocenters. The van der Waals surface area contributed by atoms with Gasteiger partial charge < -0.3 is 4.74 Å². The van der Waals surface area contributed by atoms with Crippen molar-refractivity contribution in [2.24, 2.45) is 0 Å². The van der Waals surface area contributed by atoms with Crippen LogP contribution in [0.2, 0.25) is 0 Å². The van der Waals surface area contributed by atoms with Crippen LogP contribution in [-0.4, -0.2) is 23.2 Å². The Hall–Kier alpha value is -0.550. The Bertz CT molecular complexity index is 341. The molecule has 1 aromatic rings. The van der Waals surface area contributed by atoms with Gasteiger partial charge in [-0.1, -0.05) is 0 Å². The lowest BCUT2D eigenvalue weighted by molar-refractivity contribution is -0.140. The third-order valence-electron chi connectivity index (χ3n) is 1.98. The molecule has 1 fully saturated rings. The Balaban J connectivity index is 2.36. The van der Waals surface area contributed by atoms with E-state index in [1.54, 1.807) is 13.1 Å². The predicted octanol–water partition coefficient (Wildman–Crippen LogP) is 1.74. The summed E-state index contributed by atoms with van der Waals surface area (Å²) >= 11 is 3.26. The predicted molar refractivity (Wildman–Crippen MR) is 48.1 cm³/mol. The number of aryl methyl sites for hydroxylation is 1. The van der Waals surface area contributed by atoms with Gasteiger partial charge in [0.15, 0.2) is 5.82 Å². The SMILES string of the molecule is Cc1nc(C2(F)COC2)ncc1Br. The zero-order valence-corrected chi connectivity index (χ0v) is 8.64. The number of ether oxygens (including phenoxy) is 1. The highest BCUT2D eigenvalue weighted by molar-refractivity contribution is 9.10. The molecule has 0 unspecified atom stereocenters. The second kappa shape index (κ2) is 2.99. The first-order valence-electron chi connectivity index (χ1n) is 3.88. The van der Waals surface area contributed by atoms with Gasteiger partial charge in [-0.05, 0) is 22.9 Å². The van der Waals surface area contributed by atoms with Crippen LogP contribution >= 0.6 is 15.9 Å². The first-order valence-corrected chi connectivity index (χ1v) is 4.67. The summed E-state index contributed by atoms with van der Waals surface area (Å²) in [6.07, 6.45) is 1.57. The van der Waals surface area contributed by atoms with Crippen molar-refractivity contribution >= 4 is 15.9 Å². The molecule has 0 aliphatic carbocycles. The van der Waals surface area contributed by atoms with Crippen LogP contribution in [0.3, 0.4) is 0 Å². The third-order valence-corrected chi connectivity index (χ3v) is 2.76. The van der Waals surface area contributed by atoms with Gasteiger partial charge in [-0.3, -0.25) is 0 Å². The van der Waals surface area contributed by atoms with E-state index in [0.717, 1.165) is 10.2 Å². The van der Waals surface area contributed by atoms with E-state index in [4.69, 9.17) is 4.74 Å². The van der Waals surface area contributed by atoms with Gasteiger partial charge in [-0.25, -0.2) is 14.4 Å². The van der Waals surface area contributed by atoms with Crippen molar-refractivity contribution in [2.45, 2.75) is 12.6 Å².